The van der Waals surface area contributed by atoms with E-state index in [9.17, 15) is 31.2 Å². The van der Waals surface area contributed by atoms with E-state index in [1.807, 2.05) is 0 Å². The van der Waals surface area contributed by atoms with Gasteiger partial charge in [-0.05, 0) is 32.0 Å². The van der Waals surface area contributed by atoms with Gasteiger partial charge in [0.15, 0.2) is 28.6 Å². The Bertz CT molecular complexity index is 1680. The van der Waals surface area contributed by atoms with Crippen LogP contribution in [0.1, 0.15) is 30.3 Å². The molecule has 1 aromatic heterocycles. The Balaban J connectivity index is 1.65. The number of carbonyl (C=O) groups excluding carboxylic acids is 3. The highest BCUT2D eigenvalue weighted by Gasteiger charge is 2.25. The Morgan fingerprint density at radius 3 is 1.60 bits per heavy atom. The van der Waals surface area contributed by atoms with Crippen LogP contribution in [-0.2, 0) is 20.0 Å². The molecule has 0 bridgehead atoms. The highest BCUT2D eigenvalue weighted by molar-refractivity contribution is 7.89. The van der Waals surface area contributed by atoms with E-state index >= 15 is 0 Å². The van der Waals surface area contributed by atoms with Gasteiger partial charge >= 0.3 is 12.2 Å². The molecule has 0 spiro atoms. The number of rotatable bonds is 19. The minimum Gasteiger partial charge on any atom is -0.449 e. The molecule has 0 radical (unpaired) electrons. The second kappa shape index (κ2) is 17.5. The highest BCUT2D eigenvalue weighted by atomic mass is 32.2. The number of ether oxygens (including phenoxy) is 2. The number of ketones is 1. The zero-order chi connectivity index (χ0) is 35.5. The largest absolute Gasteiger partial charge is 0.449 e. The third-order valence-corrected chi connectivity index (χ3v) is 10.8. The van der Waals surface area contributed by atoms with Crippen molar-refractivity contribution in [3.05, 3.63) is 36.1 Å². The Labute approximate surface area is 280 Å². The minimum absolute atomic E-state index is 0.0273. The minimum atomic E-state index is -3.30. The molecule has 266 valence electrons. The molecular formula is C30H44N6O10S2. The molecule has 48 heavy (non-hydrogen) atoms. The summed E-state index contributed by atoms with van der Waals surface area (Å²) in [7, 11) is -0.712. The average molecular weight is 713 g/mol. The fourth-order valence-corrected chi connectivity index (χ4v) is 5.88. The van der Waals surface area contributed by atoms with Crippen molar-refractivity contribution >= 4 is 59.8 Å². The van der Waals surface area contributed by atoms with Crippen LogP contribution >= 0.6 is 0 Å². The molecule has 0 fully saturated rings. The first-order valence-corrected chi connectivity index (χ1v) is 18.5. The van der Waals surface area contributed by atoms with Crippen molar-refractivity contribution in [3.63, 3.8) is 0 Å². The van der Waals surface area contributed by atoms with Gasteiger partial charge in [0, 0.05) is 72.1 Å². The third kappa shape index (κ3) is 10.9. The van der Waals surface area contributed by atoms with E-state index in [0.29, 0.717) is 36.7 Å². The molecule has 16 nitrogen and oxygen atoms in total. The number of fused-ring (bicyclic) bond motifs is 2. The number of nitrogens with one attached hydrogen (secondary N) is 4. The molecule has 0 saturated carbocycles. The number of Topliss-reactive ketones (excluding diaryl/α,β-unsaturated/α-hetero) is 1. The van der Waals surface area contributed by atoms with Gasteiger partial charge in [-0.3, -0.25) is 4.79 Å². The zero-order valence-corrected chi connectivity index (χ0v) is 29.4. The first-order chi connectivity index (χ1) is 22.6. The predicted molar refractivity (Wildman–Crippen MR) is 182 cm³/mol. The van der Waals surface area contributed by atoms with Crippen LogP contribution in [-0.4, -0.2) is 122 Å². The normalized spacial score (nSPS) is 12.1. The smallest absolute Gasteiger partial charge is 0.412 e. The first-order valence-electron chi connectivity index (χ1n) is 15.3. The monoisotopic (exact) mass is 712 g/mol. The molecule has 0 aliphatic heterocycles. The summed E-state index contributed by atoms with van der Waals surface area (Å²) in [6.45, 7) is 3.24. The van der Waals surface area contributed by atoms with Crippen LogP contribution in [0, 0.1) is 0 Å². The summed E-state index contributed by atoms with van der Waals surface area (Å²) in [5.41, 5.74) is 0.0393. The van der Waals surface area contributed by atoms with Crippen molar-refractivity contribution in [2.24, 2.45) is 0 Å². The molecule has 0 atom stereocenters. The molecule has 2 amide bonds. The topological polar surface area (TPSA) is 206 Å². The van der Waals surface area contributed by atoms with Crippen LogP contribution in [0.3, 0.4) is 0 Å². The number of amides is 2. The van der Waals surface area contributed by atoms with Crippen LogP contribution in [0.5, 0.6) is 11.5 Å². The van der Waals surface area contributed by atoms with Gasteiger partial charge in [0.2, 0.25) is 20.0 Å². The summed E-state index contributed by atoms with van der Waals surface area (Å²) in [4.78, 5) is 37.9. The van der Waals surface area contributed by atoms with Crippen molar-refractivity contribution in [3.8, 4) is 11.5 Å². The molecule has 0 aliphatic rings. The fourth-order valence-electron chi connectivity index (χ4n) is 4.34. The molecule has 0 saturated heterocycles. The van der Waals surface area contributed by atoms with Gasteiger partial charge in [0.1, 0.15) is 0 Å². The highest BCUT2D eigenvalue weighted by Crippen LogP contribution is 2.44. The molecular weight excluding hydrogens is 668 g/mol. The molecule has 3 rings (SSSR count). The van der Waals surface area contributed by atoms with E-state index in [4.69, 9.17) is 13.9 Å². The number of hydrogen-bond acceptors (Lipinski definition) is 12. The van der Waals surface area contributed by atoms with Crippen LogP contribution in [0.2, 0.25) is 0 Å². The average Bonchev–Trinajstić information content (AvgIpc) is 3.47. The van der Waals surface area contributed by atoms with Gasteiger partial charge in [0.25, 0.3) is 0 Å². The predicted octanol–water partition coefficient (Wildman–Crippen LogP) is 1.71. The van der Waals surface area contributed by atoms with E-state index in [1.54, 1.807) is 24.3 Å². The first kappa shape index (κ1) is 38.6. The summed E-state index contributed by atoms with van der Waals surface area (Å²) in [6, 6.07) is 8.18. The summed E-state index contributed by atoms with van der Waals surface area (Å²) in [5.74, 6) is -0.365. The standard InChI is InChI=1S/C30H44N6O10S2/c1-21(37)25-20-24-26(45-29(38)33-14-8-12-31-16-18-47(40,41)35(2)3)22-10-6-7-11-23(22)27(28(24)44-25)46-30(39)34-15-9-13-32-17-19-48(42,43)36(4)5/h6-7,10-11,20,31-32H,8-9,12-19H2,1-5H3,(H,33,38)(H,34,39). The van der Waals surface area contributed by atoms with Gasteiger partial charge in [-0.1, -0.05) is 24.3 Å². The van der Waals surface area contributed by atoms with Gasteiger partial charge in [-0.15, -0.1) is 0 Å². The number of hydrogen-bond donors (Lipinski definition) is 4. The number of sulfonamides is 2. The van der Waals surface area contributed by atoms with Crippen molar-refractivity contribution < 1.29 is 45.1 Å². The SMILES string of the molecule is CC(=O)c1cc2c(OC(=O)NCCCNCCS(=O)(=O)N(C)C)c3ccccc3c(OC(=O)NCCCNCCS(=O)(=O)N(C)C)c2o1. The van der Waals surface area contributed by atoms with E-state index < -0.39 is 38.0 Å². The molecule has 4 N–H and O–H groups in total. The maximum atomic E-state index is 12.8. The van der Waals surface area contributed by atoms with E-state index in [2.05, 4.69) is 21.3 Å². The summed E-state index contributed by atoms with van der Waals surface area (Å²) in [6.07, 6.45) is -0.541. The molecule has 18 heteroatoms. The second-order valence-corrected chi connectivity index (χ2v) is 15.8. The van der Waals surface area contributed by atoms with Gasteiger partial charge in [-0.2, -0.15) is 0 Å². The van der Waals surface area contributed by atoms with Crippen molar-refractivity contribution in [2.45, 2.75) is 19.8 Å². The maximum Gasteiger partial charge on any atom is 0.412 e. The Hall–Kier alpha value is -3.81. The van der Waals surface area contributed by atoms with Crippen LogP contribution in [0.25, 0.3) is 21.7 Å². The van der Waals surface area contributed by atoms with Gasteiger partial charge < -0.3 is 35.2 Å². The zero-order valence-electron chi connectivity index (χ0n) is 27.8. The number of carbonyl (C=O) groups is 3. The maximum absolute atomic E-state index is 12.8. The lowest BCUT2D eigenvalue weighted by Gasteiger charge is -2.14. The second-order valence-electron chi connectivity index (χ2n) is 11.1. The van der Waals surface area contributed by atoms with E-state index in [0.717, 1.165) is 8.61 Å². The summed E-state index contributed by atoms with van der Waals surface area (Å²) >= 11 is 0. The lowest BCUT2D eigenvalue weighted by molar-refractivity contribution is 0.0989. The fraction of sp³-hybridized carbons (Fsp3) is 0.500. The molecule has 3 aromatic rings. The van der Waals surface area contributed by atoms with Crippen LogP contribution in [0.15, 0.2) is 34.7 Å². The van der Waals surface area contributed by atoms with Crippen LogP contribution < -0.4 is 30.7 Å². The summed E-state index contributed by atoms with van der Waals surface area (Å²) < 4.78 is 66.9. The van der Waals surface area contributed by atoms with Crippen LogP contribution in [0.4, 0.5) is 9.59 Å². The number of benzene rings is 2. The Kier molecular flexibility index (Phi) is 14.1. The molecule has 1 heterocycles. The molecule has 0 aliphatic carbocycles. The van der Waals surface area contributed by atoms with Crippen molar-refractivity contribution in [2.75, 3.05) is 79.0 Å². The summed E-state index contributed by atoms with van der Waals surface area (Å²) in [5, 5.41) is 12.4. The Morgan fingerprint density at radius 1 is 0.688 bits per heavy atom. The third-order valence-electron chi connectivity index (χ3n) is 7.12. The molecule has 0 unspecified atom stereocenters. The lowest BCUT2D eigenvalue weighted by atomic mass is 10.1. The number of nitrogens with zero attached hydrogens (tertiary/aromatic N) is 2. The van der Waals surface area contributed by atoms with E-state index in [1.165, 1.54) is 41.2 Å². The number of furan rings is 1. The van der Waals surface area contributed by atoms with Gasteiger partial charge in [0.05, 0.1) is 16.9 Å². The van der Waals surface area contributed by atoms with E-state index in [-0.39, 0.29) is 65.9 Å². The van der Waals surface area contributed by atoms with Crippen molar-refractivity contribution in [1.82, 2.24) is 29.9 Å². The Morgan fingerprint density at radius 2 is 1.15 bits per heavy atom. The van der Waals surface area contributed by atoms with Crippen molar-refractivity contribution in [1.29, 1.82) is 0 Å². The quantitative estimate of drug-likeness (QED) is 0.104. The van der Waals surface area contributed by atoms with Gasteiger partial charge in [-0.25, -0.2) is 35.0 Å². The lowest BCUT2D eigenvalue weighted by Crippen LogP contribution is -2.33. The molecule has 2 aromatic carbocycles.